The molecule has 0 spiro atoms. The Morgan fingerprint density at radius 3 is 2.72 bits per heavy atom. The van der Waals surface area contributed by atoms with E-state index in [2.05, 4.69) is 10.3 Å². The second-order valence-electron chi connectivity index (χ2n) is 4.52. The molecule has 0 unspecified atom stereocenters. The van der Waals surface area contributed by atoms with Crippen molar-refractivity contribution < 1.29 is 13.2 Å². The lowest BCUT2D eigenvalue weighted by atomic mass is 10.0. The van der Waals surface area contributed by atoms with Crippen molar-refractivity contribution in [1.29, 1.82) is 0 Å². The van der Waals surface area contributed by atoms with Gasteiger partial charge in [0, 0.05) is 6.42 Å². The van der Waals surface area contributed by atoms with E-state index in [-0.39, 0.29) is 0 Å². The Kier molecular flexibility index (Phi) is 2.79. The second-order valence-corrected chi connectivity index (χ2v) is 5.63. The zero-order valence-electron chi connectivity index (χ0n) is 9.42. The number of hydrogen-bond donors (Lipinski definition) is 1. The number of rotatable bonds is 2. The van der Waals surface area contributed by atoms with Crippen molar-refractivity contribution in [2.24, 2.45) is 5.92 Å². The lowest BCUT2D eigenvalue weighted by Crippen LogP contribution is -2.43. The molecule has 1 aliphatic heterocycles. The van der Waals surface area contributed by atoms with Gasteiger partial charge in [0.05, 0.1) is 20.8 Å². The molecular formula is C12H11F3N2S. The summed E-state index contributed by atoms with van der Waals surface area (Å²) in [6, 6.07) is 3.77. The minimum atomic E-state index is -4.30. The third-order valence-electron chi connectivity index (χ3n) is 3.09. The predicted molar refractivity (Wildman–Crippen MR) is 64.7 cm³/mol. The van der Waals surface area contributed by atoms with Crippen LogP contribution in [0.2, 0.25) is 0 Å². The topological polar surface area (TPSA) is 24.9 Å². The summed E-state index contributed by atoms with van der Waals surface area (Å²) in [4.78, 5) is 4.30. The van der Waals surface area contributed by atoms with Crippen LogP contribution in [0.1, 0.15) is 10.6 Å². The number of nitrogens with zero attached hydrogens (tertiary/aromatic N) is 1. The molecule has 3 rings (SSSR count). The molecule has 1 N–H and O–H groups in total. The zero-order valence-corrected chi connectivity index (χ0v) is 10.2. The lowest BCUT2D eigenvalue weighted by Gasteiger charge is -2.25. The van der Waals surface area contributed by atoms with Gasteiger partial charge >= 0.3 is 6.18 Å². The molecule has 1 aromatic carbocycles. The molecule has 0 bridgehead atoms. The van der Waals surface area contributed by atoms with E-state index in [1.807, 2.05) is 0 Å². The molecule has 18 heavy (non-hydrogen) atoms. The number of aromatic nitrogens is 1. The molecule has 1 saturated heterocycles. The molecule has 0 atom stereocenters. The summed E-state index contributed by atoms with van der Waals surface area (Å²) in [5, 5.41) is 4.10. The predicted octanol–water partition coefficient (Wildman–Crippen LogP) is 3.08. The van der Waals surface area contributed by atoms with Crippen LogP contribution >= 0.6 is 11.3 Å². The van der Waals surface area contributed by atoms with E-state index in [0.717, 1.165) is 41.4 Å². The van der Waals surface area contributed by atoms with Gasteiger partial charge in [-0.05, 0) is 37.2 Å². The van der Waals surface area contributed by atoms with Gasteiger partial charge in [-0.25, -0.2) is 4.98 Å². The molecule has 1 fully saturated rings. The summed E-state index contributed by atoms with van der Waals surface area (Å²) in [6.07, 6.45) is -3.44. The van der Waals surface area contributed by atoms with E-state index in [1.54, 1.807) is 0 Å². The van der Waals surface area contributed by atoms with Crippen LogP contribution in [0.15, 0.2) is 18.2 Å². The van der Waals surface area contributed by atoms with Crippen LogP contribution < -0.4 is 5.32 Å². The van der Waals surface area contributed by atoms with Gasteiger partial charge < -0.3 is 5.32 Å². The maximum absolute atomic E-state index is 12.6. The van der Waals surface area contributed by atoms with Crippen LogP contribution in [0.25, 0.3) is 10.2 Å². The Morgan fingerprint density at radius 2 is 2.11 bits per heavy atom. The summed E-state index contributed by atoms with van der Waals surface area (Å²) in [5.41, 5.74) is -0.172. The fourth-order valence-corrected chi connectivity index (χ4v) is 3.04. The summed E-state index contributed by atoms with van der Waals surface area (Å²) in [6.45, 7) is 1.95. The van der Waals surface area contributed by atoms with Gasteiger partial charge in [-0.15, -0.1) is 11.3 Å². The average Bonchev–Trinajstić information content (AvgIpc) is 2.63. The van der Waals surface area contributed by atoms with Crippen molar-refractivity contribution in [3.63, 3.8) is 0 Å². The highest BCUT2D eigenvalue weighted by molar-refractivity contribution is 7.18. The minimum absolute atomic E-state index is 0.456. The average molecular weight is 272 g/mol. The molecule has 0 radical (unpaired) electrons. The maximum atomic E-state index is 12.6. The van der Waals surface area contributed by atoms with Crippen molar-refractivity contribution in [2.75, 3.05) is 13.1 Å². The number of nitrogens with one attached hydrogen (secondary N) is 1. The van der Waals surface area contributed by atoms with Crippen molar-refractivity contribution >= 4 is 21.6 Å². The first-order valence-corrected chi connectivity index (χ1v) is 6.51. The van der Waals surface area contributed by atoms with Gasteiger partial charge in [-0.1, -0.05) is 0 Å². The van der Waals surface area contributed by atoms with E-state index < -0.39 is 11.7 Å². The van der Waals surface area contributed by atoms with Gasteiger partial charge in [-0.2, -0.15) is 13.2 Å². The standard InChI is InChI=1S/C12H11F3N2S/c13-12(14,15)8-1-2-10-9(4-8)17-11(18-10)3-7-5-16-6-7/h1-2,4,7,16H,3,5-6H2. The molecule has 0 amide bonds. The number of thiazole rings is 1. The van der Waals surface area contributed by atoms with Gasteiger partial charge in [0.1, 0.15) is 0 Å². The molecule has 2 nitrogen and oxygen atoms in total. The summed E-state index contributed by atoms with van der Waals surface area (Å²) >= 11 is 1.49. The monoisotopic (exact) mass is 272 g/mol. The van der Waals surface area contributed by atoms with Gasteiger partial charge in [-0.3, -0.25) is 0 Å². The highest BCUT2D eigenvalue weighted by Gasteiger charge is 2.30. The number of alkyl halides is 3. The Balaban J connectivity index is 1.91. The first kappa shape index (κ1) is 11.9. The largest absolute Gasteiger partial charge is 0.416 e. The molecule has 0 aliphatic carbocycles. The van der Waals surface area contributed by atoms with Crippen LogP contribution in [0.5, 0.6) is 0 Å². The smallest absolute Gasteiger partial charge is 0.316 e. The highest BCUT2D eigenvalue weighted by Crippen LogP contribution is 2.33. The summed E-state index contributed by atoms with van der Waals surface area (Å²) in [7, 11) is 0. The normalized spacial score (nSPS) is 17.1. The Hall–Kier alpha value is -1.14. The summed E-state index contributed by atoms with van der Waals surface area (Å²) in [5.74, 6) is 0.577. The molecule has 0 saturated carbocycles. The van der Waals surface area contributed by atoms with E-state index in [4.69, 9.17) is 0 Å². The van der Waals surface area contributed by atoms with E-state index >= 15 is 0 Å². The number of halogens is 3. The van der Waals surface area contributed by atoms with Crippen LogP contribution in [-0.2, 0) is 12.6 Å². The number of hydrogen-bond acceptors (Lipinski definition) is 3. The fourth-order valence-electron chi connectivity index (χ4n) is 1.98. The lowest BCUT2D eigenvalue weighted by molar-refractivity contribution is -0.137. The highest BCUT2D eigenvalue weighted by atomic mass is 32.1. The van der Waals surface area contributed by atoms with E-state index in [9.17, 15) is 13.2 Å². The number of benzene rings is 1. The molecule has 6 heteroatoms. The second kappa shape index (κ2) is 4.20. The van der Waals surface area contributed by atoms with Gasteiger partial charge in [0.25, 0.3) is 0 Å². The van der Waals surface area contributed by atoms with Crippen molar-refractivity contribution in [2.45, 2.75) is 12.6 Å². The first-order valence-electron chi connectivity index (χ1n) is 5.70. The SMILES string of the molecule is FC(F)(F)c1ccc2sc(CC3CNC3)nc2c1. The molecular weight excluding hydrogens is 261 g/mol. The Bertz CT molecular complexity index is 572. The fraction of sp³-hybridized carbons (Fsp3) is 0.417. The van der Waals surface area contributed by atoms with Gasteiger partial charge in [0.2, 0.25) is 0 Å². The van der Waals surface area contributed by atoms with E-state index in [1.165, 1.54) is 17.4 Å². The van der Waals surface area contributed by atoms with Crippen molar-refractivity contribution in [3.05, 3.63) is 28.8 Å². The quantitative estimate of drug-likeness (QED) is 0.908. The van der Waals surface area contributed by atoms with Crippen molar-refractivity contribution in [1.82, 2.24) is 10.3 Å². The molecule has 1 aliphatic rings. The van der Waals surface area contributed by atoms with Crippen LogP contribution in [0.3, 0.4) is 0 Å². The zero-order chi connectivity index (χ0) is 12.8. The van der Waals surface area contributed by atoms with Crippen LogP contribution in [0, 0.1) is 5.92 Å². The van der Waals surface area contributed by atoms with Crippen LogP contribution in [-0.4, -0.2) is 18.1 Å². The third-order valence-corrected chi connectivity index (χ3v) is 4.15. The first-order chi connectivity index (χ1) is 8.52. The molecule has 1 aromatic heterocycles. The van der Waals surface area contributed by atoms with E-state index in [0.29, 0.717) is 11.4 Å². The van der Waals surface area contributed by atoms with Crippen molar-refractivity contribution in [3.8, 4) is 0 Å². The maximum Gasteiger partial charge on any atom is 0.416 e. The Labute approximate surface area is 106 Å². The summed E-state index contributed by atoms with van der Waals surface area (Å²) < 4.78 is 38.5. The molecule has 2 heterocycles. The minimum Gasteiger partial charge on any atom is -0.316 e. The third kappa shape index (κ3) is 2.22. The van der Waals surface area contributed by atoms with Gasteiger partial charge in [0.15, 0.2) is 0 Å². The molecule has 96 valence electrons. The number of fused-ring (bicyclic) bond motifs is 1. The van der Waals surface area contributed by atoms with Crippen LogP contribution in [0.4, 0.5) is 13.2 Å². The Morgan fingerprint density at radius 1 is 1.33 bits per heavy atom. The molecule has 2 aromatic rings.